The van der Waals surface area contributed by atoms with Crippen LogP contribution in [0, 0.1) is 5.92 Å². The Morgan fingerprint density at radius 1 is 1.11 bits per heavy atom. The van der Waals surface area contributed by atoms with Gasteiger partial charge in [0.05, 0.1) is 11.3 Å². The first-order valence-electron chi connectivity index (χ1n) is 9.08. The Labute approximate surface area is 155 Å². The molecule has 3 saturated heterocycles. The number of amides is 1. The Bertz CT molecular complexity index is 827. The zero-order valence-corrected chi connectivity index (χ0v) is 14.7. The third-order valence-corrected chi connectivity index (χ3v) is 5.51. The Balaban J connectivity index is 1.50. The Hall–Kier alpha value is -2.41. The van der Waals surface area contributed by atoms with Crippen molar-refractivity contribution in [2.75, 3.05) is 19.6 Å². The normalized spacial score (nSPS) is 24.6. The van der Waals surface area contributed by atoms with E-state index in [1.54, 1.807) is 12.1 Å². The van der Waals surface area contributed by atoms with Gasteiger partial charge in [-0.1, -0.05) is 12.1 Å². The average molecular weight is 375 g/mol. The third kappa shape index (κ3) is 3.69. The van der Waals surface area contributed by atoms with Crippen LogP contribution in [0.1, 0.15) is 28.8 Å². The van der Waals surface area contributed by atoms with Crippen LogP contribution in [-0.4, -0.2) is 41.5 Å². The molecule has 0 aliphatic carbocycles. The van der Waals surface area contributed by atoms with Crippen molar-refractivity contribution in [2.24, 2.45) is 5.92 Å². The topological polar surface area (TPSA) is 45.2 Å². The predicted molar refractivity (Wildman–Crippen MR) is 95.1 cm³/mol. The third-order valence-electron chi connectivity index (χ3n) is 5.51. The first kappa shape index (κ1) is 18.0. The molecule has 1 N–H and O–H groups in total. The second kappa shape index (κ2) is 6.96. The zero-order chi connectivity index (χ0) is 19.0. The van der Waals surface area contributed by atoms with Crippen LogP contribution in [0.15, 0.2) is 42.6 Å². The molecule has 5 rings (SSSR count). The molecule has 1 atom stereocenters. The summed E-state index contributed by atoms with van der Waals surface area (Å²) in [6, 6.07) is 8.57. The summed E-state index contributed by atoms with van der Waals surface area (Å²) in [6.45, 7) is 3.06. The smallest absolute Gasteiger partial charge is 0.348 e. The van der Waals surface area contributed by atoms with E-state index in [0.29, 0.717) is 17.0 Å². The van der Waals surface area contributed by atoms with Crippen molar-refractivity contribution in [3.05, 3.63) is 53.7 Å². The lowest BCUT2D eigenvalue weighted by molar-refractivity contribution is -0.137. The van der Waals surface area contributed by atoms with E-state index in [-0.39, 0.29) is 17.6 Å². The number of nitrogens with one attached hydrogen (secondary N) is 1. The van der Waals surface area contributed by atoms with Gasteiger partial charge >= 0.3 is 6.18 Å². The van der Waals surface area contributed by atoms with Gasteiger partial charge in [-0.05, 0) is 56.1 Å². The van der Waals surface area contributed by atoms with Crippen molar-refractivity contribution < 1.29 is 18.0 Å². The van der Waals surface area contributed by atoms with Crippen molar-refractivity contribution in [2.45, 2.75) is 25.1 Å². The zero-order valence-electron chi connectivity index (χ0n) is 14.7. The number of carbonyl (C=O) groups is 1. The van der Waals surface area contributed by atoms with Gasteiger partial charge in [0.15, 0.2) is 0 Å². The van der Waals surface area contributed by atoms with E-state index in [1.165, 1.54) is 24.4 Å². The maximum Gasteiger partial charge on any atom is 0.418 e. The largest absolute Gasteiger partial charge is 0.418 e. The first-order chi connectivity index (χ1) is 12.9. The number of benzene rings is 1. The minimum absolute atomic E-state index is 0.130. The minimum Gasteiger partial charge on any atom is -0.348 e. The molecule has 0 saturated carbocycles. The molecule has 4 heterocycles. The molecule has 0 spiro atoms. The second-order valence-corrected chi connectivity index (χ2v) is 7.19. The molecule has 2 bridgehead atoms. The highest BCUT2D eigenvalue weighted by Gasteiger charge is 2.35. The van der Waals surface area contributed by atoms with Gasteiger partial charge in [-0.15, -0.1) is 0 Å². The van der Waals surface area contributed by atoms with E-state index in [4.69, 9.17) is 0 Å². The van der Waals surface area contributed by atoms with Gasteiger partial charge in [-0.3, -0.25) is 9.78 Å². The Kier molecular flexibility index (Phi) is 4.63. The van der Waals surface area contributed by atoms with Crippen LogP contribution in [0.5, 0.6) is 0 Å². The quantitative estimate of drug-likeness (QED) is 0.892. The lowest BCUT2D eigenvalue weighted by atomic mass is 9.84. The highest BCUT2D eigenvalue weighted by Crippen LogP contribution is 2.35. The highest BCUT2D eigenvalue weighted by molar-refractivity contribution is 5.95. The van der Waals surface area contributed by atoms with Crippen molar-refractivity contribution >= 4 is 5.91 Å². The number of fused-ring (bicyclic) bond motifs is 3. The maximum atomic E-state index is 13.2. The van der Waals surface area contributed by atoms with Gasteiger partial charge in [0.1, 0.15) is 0 Å². The van der Waals surface area contributed by atoms with Gasteiger partial charge < -0.3 is 10.2 Å². The van der Waals surface area contributed by atoms with Crippen LogP contribution in [0.3, 0.4) is 0 Å². The van der Waals surface area contributed by atoms with Crippen LogP contribution < -0.4 is 5.32 Å². The van der Waals surface area contributed by atoms with Crippen molar-refractivity contribution in [3.63, 3.8) is 0 Å². The summed E-state index contributed by atoms with van der Waals surface area (Å²) in [5, 5.41) is 3.09. The fourth-order valence-electron chi connectivity index (χ4n) is 4.02. The number of nitrogens with zero attached hydrogens (tertiary/aromatic N) is 2. The van der Waals surface area contributed by atoms with Crippen molar-refractivity contribution in [1.82, 2.24) is 15.2 Å². The molecule has 2 aromatic rings. The van der Waals surface area contributed by atoms with Gasteiger partial charge in [0, 0.05) is 29.9 Å². The monoisotopic (exact) mass is 375 g/mol. The van der Waals surface area contributed by atoms with Gasteiger partial charge in [-0.2, -0.15) is 13.2 Å². The van der Waals surface area contributed by atoms with E-state index in [0.717, 1.165) is 38.5 Å². The molecular formula is C20H20F3N3O. The predicted octanol–water partition coefficient (Wildman–Crippen LogP) is 3.59. The number of hydrogen-bond donors (Lipinski definition) is 1. The Morgan fingerprint density at radius 3 is 2.41 bits per heavy atom. The Morgan fingerprint density at radius 2 is 1.81 bits per heavy atom. The van der Waals surface area contributed by atoms with Crippen LogP contribution in [0.25, 0.3) is 11.3 Å². The lowest BCUT2D eigenvalue weighted by Gasteiger charge is -2.44. The molecule has 4 nitrogen and oxygen atoms in total. The fourth-order valence-corrected chi connectivity index (χ4v) is 4.02. The maximum absolute atomic E-state index is 13.2. The lowest BCUT2D eigenvalue weighted by Crippen LogP contribution is -2.57. The summed E-state index contributed by atoms with van der Waals surface area (Å²) in [5.74, 6) is 0.332. The first-order valence-corrected chi connectivity index (χ1v) is 9.08. The summed E-state index contributed by atoms with van der Waals surface area (Å²) < 4.78 is 39.5. The average Bonchev–Trinajstić information content (AvgIpc) is 2.68. The molecule has 0 unspecified atom stereocenters. The summed E-state index contributed by atoms with van der Waals surface area (Å²) in [6.07, 6.45) is -0.943. The molecule has 3 aliphatic heterocycles. The number of pyridine rings is 1. The number of piperidine rings is 3. The number of alkyl halides is 3. The van der Waals surface area contributed by atoms with Gasteiger partial charge in [-0.25, -0.2) is 0 Å². The van der Waals surface area contributed by atoms with E-state index in [1.807, 2.05) is 0 Å². The van der Waals surface area contributed by atoms with Crippen LogP contribution in [0.4, 0.5) is 13.2 Å². The number of aromatic nitrogens is 1. The standard InChI is InChI=1S/C20H20F3N3O/c21-20(22,23)16-2-1-9-24-18(16)14-3-5-15(6-4-14)19(27)25-17-12-26-10-7-13(17)8-11-26/h1-6,9,13,17H,7-8,10-12H2,(H,25,27)/t17-/m1/s1. The molecule has 27 heavy (non-hydrogen) atoms. The summed E-state index contributed by atoms with van der Waals surface area (Å²) in [7, 11) is 0. The van der Waals surface area contributed by atoms with E-state index in [9.17, 15) is 18.0 Å². The molecule has 0 radical (unpaired) electrons. The van der Waals surface area contributed by atoms with Gasteiger partial charge in [0.2, 0.25) is 0 Å². The molecule has 1 amide bonds. The van der Waals surface area contributed by atoms with Crippen molar-refractivity contribution in [3.8, 4) is 11.3 Å². The molecular weight excluding hydrogens is 355 g/mol. The van der Waals surface area contributed by atoms with Crippen LogP contribution in [0.2, 0.25) is 0 Å². The summed E-state index contributed by atoms with van der Waals surface area (Å²) >= 11 is 0. The molecule has 3 fully saturated rings. The van der Waals surface area contributed by atoms with Gasteiger partial charge in [0.25, 0.3) is 5.91 Å². The molecule has 3 aliphatic rings. The number of hydrogen-bond acceptors (Lipinski definition) is 3. The fraction of sp³-hybridized carbons (Fsp3) is 0.400. The van der Waals surface area contributed by atoms with E-state index in [2.05, 4.69) is 15.2 Å². The second-order valence-electron chi connectivity index (χ2n) is 7.19. The summed E-state index contributed by atoms with van der Waals surface area (Å²) in [5.41, 5.74) is -0.133. The molecule has 1 aromatic heterocycles. The van der Waals surface area contributed by atoms with E-state index < -0.39 is 11.7 Å². The minimum atomic E-state index is -4.48. The highest BCUT2D eigenvalue weighted by atomic mass is 19.4. The van der Waals surface area contributed by atoms with Crippen LogP contribution >= 0.6 is 0 Å². The SMILES string of the molecule is O=C(N[C@@H]1CN2CCC1CC2)c1ccc(-c2ncccc2C(F)(F)F)cc1. The molecule has 142 valence electrons. The van der Waals surface area contributed by atoms with Crippen LogP contribution in [-0.2, 0) is 6.18 Å². The van der Waals surface area contributed by atoms with E-state index >= 15 is 0 Å². The number of halogens is 3. The number of rotatable bonds is 3. The molecule has 7 heteroatoms. The molecule has 1 aromatic carbocycles. The number of carbonyl (C=O) groups excluding carboxylic acids is 1. The summed E-state index contributed by atoms with van der Waals surface area (Å²) in [4.78, 5) is 18.8. The van der Waals surface area contributed by atoms with Crippen molar-refractivity contribution in [1.29, 1.82) is 0 Å².